The first kappa shape index (κ1) is 15.0. The van der Waals surface area contributed by atoms with E-state index in [4.69, 9.17) is 0 Å². The van der Waals surface area contributed by atoms with E-state index >= 15 is 0 Å². The number of allylic oxidation sites excluding steroid dienone is 6. The van der Waals surface area contributed by atoms with Gasteiger partial charge >= 0.3 is 0 Å². The molecule has 1 heteroatoms. The average Bonchev–Trinajstić information content (AvgIpc) is 2.69. The highest BCUT2D eigenvalue weighted by molar-refractivity contribution is 5.93. The van der Waals surface area contributed by atoms with Crippen LogP contribution in [0.1, 0.15) is 30.4 Å². The van der Waals surface area contributed by atoms with Gasteiger partial charge in [0.1, 0.15) is 0 Å². The summed E-state index contributed by atoms with van der Waals surface area (Å²) in [5, 5.41) is 5.84. The zero-order valence-electron chi connectivity index (χ0n) is 14.0. The lowest BCUT2D eigenvalue weighted by atomic mass is 9.80. The van der Waals surface area contributed by atoms with E-state index in [-0.39, 0.29) is 0 Å². The second-order valence-electron chi connectivity index (χ2n) is 6.47. The largest absolute Gasteiger partial charge is 0.387 e. The summed E-state index contributed by atoms with van der Waals surface area (Å²) in [5.74, 6) is 0. The minimum Gasteiger partial charge on any atom is -0.387 e. The van der Waals surface area contributed by atoms with Gasteiger partial charge in [0.25, 0.3) is 0 Å². The summed E-state index contributed by atoms with van der Waals surface area (Å²) in [4.78, 5) is 0. The molecule has 3 aliphatic rings. The van der Waals surface area contributed by atoms with Crippen molar-refractivity contribution >= 4 is 16.3 Å². The highest BCUT2D eigenvalue weighted by Crippen LogP contribution is 2.39. The van der Waals surface area contributed by atoms with E-state index in [1.165, 1.54) is 47.6 Å². The van der Waals surface area contributed by atoms with Crippen LogP contribution >= 0.6 is 0 Å². The number of aryl methyl sites for hydroxylation is 1. The molecule has 0 bridgehead atoms. The maximum Gasteiger partial charge on any atom is 0.0328 e. The van der Waals surface area contributed by atoms with Crippen molar-refractivity contribution in [1.29, 1.82) is 0 Å². The Morgan fingerprint density at radius 1 is 0.833 bits per heavy atom. The molecule has 5 rings (SSSR count). The second kappa shape index (κ2) is 6.92. The van der Waals surface area contributed by atoms with Gasteiger partial charge in [-0.15, -0.1) is 0 Å². The number of dihydropyridines is 1. The van der Waals surface area contributed by atoms with E-state index in [1.54, 1.807) is 11.1 Å². The molecule has 1 N–H and O–H groups in total. The number of fused-ring (bicyclic) bond motifs is 4. The Morgan fingerprint density at radius 3 is 2.58 bits per heavy atom. The third-order valence-corrected chi connectivity index (χ3v) is 4.98. The number of hydrogen-bond donors (Lipinski definition) is 1. The lowest BCUT2D eigenvalue weighted by molar-refractivity contribution is 0.831. The van der Waals surface area contributed by atoms with Gasteiger partial charge in [0.2, 0.25) is 0 Å². The summed E-state index contributed by atoms with van der Waals surface area (Å²) in [6, 6.07) is 13.4. The van der Waals surface area contributed by atoms with Crippen molar-refractivity contribution in [2.24, 2.45) is 0 Å². The predicted molar refractivity (Wildman–Crippen MR) is 104 cm³/mol. The van der Waals surface area contributed by atoms with Gasteiger partial charge in [0.15, 0.2) is 0 Å². The fraction of sp³-hybridized carbons (Fsp3) is 0.217. The normalized spacial score (nSPS) is 17.7. The fourth-order valence-electron chi connectivity index (χ4n) is 3.79. The summed E-state index contributed by atoms with van der Waals surface area (Å²) < 4.78 is 0. The Kier molecular flexibility index (Phi) is 4.33. The van der Waals surface area contributed by atoms with E-state index < -0.39 is 0 Å². The molecule has 0 fully saturated rings. The molecule has 120 valence electrons. The van der Waals surface area contributed by atoms with Crippen LogP contribution < -0.4 is 5.32 Å². The molecular formula is C23H23N. The third-order valence-electron chi connectivity index (χ3n) is 4.98. The van der Waals surface area contributed by atoms with Crippen LogP contribution in [0.15, 0.2) is 78.6 Å². The number of rotatable bonds is 0. The third kappa shape index (κ3) is 2.94. The van der Waals surface area contributed by atoms with Crippen LogP contribution in [-0.4, -0.2) is 6.54 Å². The lowest BCUT2D eigenvalue weighted by Gasteiger charge is -2.25. The van der Waals surface area contributed by atoms with Crippen molar-refractivity contribution in [1.82, 2.24) is 5.32 Å². The zero-order chi connectivity index (χ0) is 16.2. The molecule has 1 aliphatic heterocycles. The summed E-state index contributed by atoms with van der Waals surface area (Å²) in [6.07, 6.45) is 17.6. The van der Waals surface area contributed by atoms with Gasteiger partial charge in [-0.3, -0.25) is 0 Å². The molecule has 0 radical (unpaired) electrons. The van der Waals surface area contributed by atoms with Crippen LogP contribution in [0.3, 0.4) is 0 Å². The van der Waals surface area contributed by atoms with Crippen molar-refractivity contribution in [3.8, 4) is 0 Å². The van der Waals surface area contributed by atoms with E-state index in [0.717, 1.165) is 6.54 Å². The molecule has 0 unspecified atom stereocenters. The van der Waals surface area contributed by atoms with Crippen molar-refractivity contribution in [3.63, 3.8) is 0 Å². The van der Waals surface area contributed by atoms with Gasteiger partial charge < -0.3 is 5.32 Å². The maximum absolute atomic E-state index is 3.02. The first-order valence-corrected chi connectivity index (χ1v) is 8.88. The fourth-order valence-corrected chi connectivity index (χ4v) is 3.79. The quantitative estimate of drug-likeness (QED) is 0.672. The monoisotopic (exact) mass is 313 g/mol. The molecule has 1 nitrogen and oxygen atoms in total. The van der Waals surface area contributed by atoms with Gasteiger partial charge in [0, 0.05) is 6.54 Å². The van der Waals surface area contributed by atoms with Crippen LogP contribution in [0.4, 0.5) is 0 Å². The number of hydrogen-bond acceptors (Lipinski definition) is 1. The molecule has 2 aromatic carbocycles. The first-order valence-electron chi connectivity index (χ1n) is 8.88. The van der Waals surface area contributed by atoms with Crippen molar-refractivity contribution in [3.05, 3.63) is 89.7 Å². The summed E-state index contributed by atoms with van der Waals surface area (Å²) in [7, 11) is 0. The van der Waals surface area contributed by atoms with Gasteiger partial charge in [-0.05, 0) is 65.4 Å². The highest BCUT2D eigenvalue weighted by atomic mass is 14.8. The molecule has 0 aromatic heterocycles. The van der Waals surface area contributed by atoms with Gasteiger partial charge in [-0.2, -0.15) is 0 Å². The van der Waals surface area contributed by atoms with E-state index in [1.807, 2.05) is 18.4 Å². The Morgan fingerprint density at radius 2 is 1.79 bits per heavy atom. The second-order valence-corrected chi connectivity index (χ2v) is 6.47. The molecule has 0 atom stereocenters. The molecular weight excluding hydrogens is 290 g/mol. The van der Waals surface area contributed by atoms with Crippen LogP contribution in [0.5, 0.6) is 0 Å². The minimum atomic E-state index is 0.983. The molecule has 2 aliphatic carbocycles. The maximum atomic E-state index is 3.02. The number of benzene rings is 2. The van der Waals surface area contributed by atoms with Crippen LogP contribution in [0, 0.1) is 0 Å². The molecule has 2 aromatic rings. The highest BCUT2D eigenvalue weighted by Gasteiger charge is 2.20. The van der Waals surface area contributed by atoms with Gasteiger partial charge in [-0.1, -0.05) is 66.3 Å². The Labute approximate surface area is 144 Å². The molecule has 0 saturated heterocycles. The van der Waals surface area contributed by atoms with Crippen LogP contribution in [0.2, 0.25) is 0 Å². The summed E-state index contributed by atoms with van der Waals surface area (Å²) >= 11 is 0. The number of nitrogens with one attached hydrogen (secondary N) is 1. The molecule has 0 amide bonds. The molecule has 24 heavy (non-hydrogen) atoms. The Hall–Kier alpha value is -2.54. The standard InChI is InChI=1S/C18H16.C5H7N/c1-3-7-15-13(5-1)9-11-18-16-8-4-2-6-14(16)10-12-17(15)18;1-2-4-6-5-3-1/h1,3-5,7-9,11H,2,6,10,12H2;1-4,6H,5H2. The molecule has 0 spiro atoms. The van der Waals surface area contributed by atoms with Crippen molar-refractivity contribution in [2.75, 3.05) is 6.54 Å². The zero-order valence-corrected chi connectivity index (χ0v) is 14.0. The topological polar surface area (TPSA) is 12.0 Å². The minimum absolute atomic E-state index is 0.983. The van der Waals surface area contributed by atoms with Crippen LogP contribution in [-0.2, 0) is 6.42 Å². The SMILES string of the molecule is C1=CC2=C(CC1)CCc1c2ccc2ccccc12.C1=CCNC=C1. The van der Waals surface area contributed by atoms with Crippen molar-refractivity contribution < 1.29 is 0 Å². The molecule has 0 saturated carbocycles. The van der Waals surface area contributed by atoms with Gasteiger partial charge in [-0.25, -0.2) is 0 Å². The summed E-state index contributed by atoms with van der Waals surface area (Å²) in [6.45, 7) is 0.983. The van der Waals surface area contributed by atoms with Crippen molar-refractivity contribution in [2.45, 2.75) is 25.7 Å². The average molecular weight is 313 g/mol. The Bertz CT molecular complexity index is 853. The van der Waals surface area contributed by atoms with E-state index in [2.05, 4.69) is 59.9 Å². The van der Waals surface area contributed by atoms with Gasteiger partial charge in [0.05, 0.1) is 0 Å². The first-order chi connectivity index (χ1) is 11.9. The smallest absolute Gasteiger partial charge is 0.0328 e. The van der Waals surface area contributed by atoms with Crippen LogP contribution in [0.25, 0.3) is 16.3 Å². The summed E-state index contributed by atoms with van der Waals surface area (Å²) in [5.41, 5.74) is 6.21. The Balaban J connectivity index is 0.000000207. The predicted octanol–water partition coefficient (Wildman–Crippen LogP) is 5.55. The molecule has 1 heterocycles. The van der Waals surface area contributed by atoms with E-state index in [0.29, 0.717) is 0 Å². The lowest BCUT2D eigenvalue weighted by Crippen LogP contribution is -2.06. The van der Waals surface area contributed by atoms with E-state index in [9.17, 15) is 0 Å².